The van der Waals surface area contributed by atoms with Crippen LogP contribution in [0.1, 0.15) is 10.4 Å². The van der Waals surface area contributed by atoms with Crippen LogP contribution in [0.2, 0.25) is 10.0 Å². The lowest BCUT2D eigenvalue weighted by molar-refractivity contribution is -0.686. The maximum atomic E-state index is 11.7. The van der Waals surface area contributed by atoms with E-state index in [-0.39, 0.29) is 10.8 Å². The van der Waals surface area contributed by atoms with Gasteiger partial charge in [-0.05, 0) is 23.6 Å². The highest BCUT2D eigenvalue weighted by molar-refractivity contribution is 7.09. The first-order valence-electron chi connectivity index (χ1n) is 5.16. The SMILES string of the molecule is [O-]c1c(Cl)cc(Cl)cc1C[NH2+]Cc1cccs1. The minimum atomic E-state index is -0.126. The van der Waals surface area contributed by atoms with Crippen molar-refractivity contribution in [3.8, 4) is 5.75 Å². The Kier molecular flexibility index (Phi) is 4.29. The van der Waals surface area contributed by atoms with Crippen LogP contribution in [0.5, 0.6) is 5.75 Å². The topological polar surface area (TPSA) is 39.7 Å². The Labute approximate surface area is 114 Å². The minimum Gasteiger partial charge on any atom is -0.871 e. The van der Waals surface area contributed by atoms with Gasteiger partial charge in [-0.2, -0.15) is 0 Å². The first-order valence-corrected chi connectivity index (χ1v) is 6.79. The molecule has 2 rings (SSSR count). The lowest BCUT2D eigenvalue weighted by atomic mass is 10.2. The molecule has 0 bridgehead atoms. The van der Waals surface area contributed by atoms with Gasteiger partial charge in [0.2, 0.25) is 0 Å². The van der Waals surface area contributed by atoms with Gasteiger partial charge in [-0.3, -0.25) is 0 Å². The van der Waals surface area contributed by atoms with Gasteiger partial charge in [-0.25, -0.2) is 0 Å². The molecule has 0 radical (unpaired) electrons. The van der Waals surface area contributed by atoms with Gasteiger partial charge in [0.05, 0.1) is 4.88 Å². The largest absolute Gasteiger partial charge is 0.871 e. The second-order valence-electron chi connectivity index (χ2n) is 3.65. The summed E-state index contributed by atoms with van der Waals surface area (Å²) in [7, 11) is 0. The van der Waals surface area contributed by atoms with E-state index in [1.807, 2.05) is 11.4 Å². The molecule has 0 spiro atoms. The fourth-order valence-electron chi connectivity index (χ4n) is 1.56. The lowest BCUT2D eigenvalue weighted by Gasteiger charge is -2.14. The zero-order chi connectivity index (χ0) is 12.3. The van der Waals surface area contributed by atoms with Crippen LogP contribution >= 0.6 is 34.5 Å². The van der Waals surface area contributed by atoms with Crippen molar-refractivity contribution in [1.82, 2.24) is 0 Å². The molecule has 1 aromatic heterocycles. The van der Waals surface area contributed by atoms with Crippen molar-refractivity contribution in [2.45, 2.75) is 13.1 Å². The fourth-order valence-corrected chi connectivity index (χ4v) is 2.80. The predicted octanol–water partition coefficient (Wildman–Crippen LogP) is 2.39. The summed E-state index contributed by atoms with van der Waals surface area (Å²) in [5, 5.41) is 16.5. The molecule has 0 aliphatic heterocycles. The second kappa shape index (κ2) is 5.74. The zero-order valence-corrected chi connectivity index (χ0v) is 11.3. The molecular formula is C12H11Cl2NOS. The molecule has 1 aromatic carbocycles. The van der Waals surface area contributed by atoms with Crippen LogP contribution in [0.15, 0.2) is 29.6 Å². The van der Waals surface area contributed by atoms with Crippen LogP contribution in [0, 0.1) is 0 Å². The minimum absolute atomic E-state index is 0.126. The summed E-state index contributed by atoms with van der Waals surface area (Å²) in [5.74, 6) is -0.126. The highest BCUT2D eigenvalue weighted by atomic mass is 35.5. The Morgan fingerprint density at radius 3 is 2.76 bits per heavy atom. The maximum Gasteiger partial charge on any atom is 0.111 e. The van der Waals surface area contributed by atoms with E-state index < -0.39 is 0 Å². The molecular weight excluding hydrogens is 277 g/mol. The molecule has 5 heteroatoms. The van der Waals surface area contributed by atoms with Crippen LogP contribution in [0.25, 0.3) is 0 Å². The number of rotatable bonds is 4. The molecule has 0 aliphatic carbocycles. The molecule has 0 amide bonds. The number of nitrogens with two attached hydrogens (primary N) is 1. The highest BCUT2D eigenvalue weighted by Gasteiger charge is 2.04. The number of hydrogen-bond donors (Lipinski definition) is 1. The summed E-state index contributed by atoms with van der Waals surface area (Å²) in [6, 6.07) is 7.25. The molecule has 0 fully saturated rings. The van der Waals surface area contributed by atoms with Gasteiger partial charge in [-0.15, -0.1) is 11.3 Å². The van der Waals surface area contributed by atoms with Crippen LogP contribution in [-0.2, 0) is 13.1 Å². The lowest BCUT2D eigenvalue weighted by Crippen LogP contribution is -2.80. The number of thiophene rings is 1. The third kappa shape index (κ3) is 3.36. The summed E-state index contributed by atoms with van der Waals surface area (Å²) in [5.41, 5.74) is 0.652. The van der Waals surface area contributed by atoms with Crippen molar-refractivity contribution in [2.75, 3.05) is 0 Å². The Hall–Kier alpha value is -0.740. The average Bonchev–Trinajstić information content (AvgIpc) is 2.78. The van der Waals surface area contributed by atoms with Crippen LogP contribution < -0.4 is 10.4 Å². The molecule has 2 N–H and O–H groups in total. The molecule has 2 aromatic rings. The number of halogens is 2. The second-order valence-corrected chi connectivity index (χ2v) is 5.53. The smallest absolute Gasteiger partial charge is 0.111 e. The molecule has 17 heavy (non-hydrogen) atoms. The molecule has 2 nitrogen and oxygen atoms in total. The van der Waals surface area contributed by atoms with Crippen molar-refractivity contribution >= 4 is 34.5 Å². The van der Waals surface area contributed by atoms with E-state index in [1.54, 1.807) is 17.4 Å². The first-order chi connectivity index (χ1) is 8.16. The van der Waals surface area contributed by atoms with Crippen LogP contribution in [-0.4, -0.2) is 0 Å². The third-order valence-electron chi connectivity index (χ3n) is 2.38. The summed E-state index contributed by atoms with van der Waals surface area (Å²) >= 11 is 13.4. The first kappa shape index (κ1) is 12.7. The van der Waals surface area contributed by atoms with Crippen LogP contribution in [0.4, 0.5) is 0 Å². The maximum absolute atomic E-state index is 11.7. The average molecular weight is 288 g/mol. The van der Waals surface area contributed by atoms with E-state index in [2.05, 4.69) is 11.4 Å². The van der Waals surface area contributed by atoms with Crippen LogP contribution in [0.3, 0.4) is 0 Å². The standard InChI is InChI=1S/C12H11Cl2NOS/c13-9-4-8(12(16)11(14)5-9)6-15-7-10-2-1-3-17-10/h1-5,15-16H,6-7H2. The molecule has 0 atom stereocenters. The summed E-state index contributed by atoms with van der Waals surface area (Å²) in [4.78, 5) is 1.28. The molecule has 0 unspecified atom stereocenters. The van der Waals surface area contributed by atoms with E-state index in [9.17, 15) is 5.11 Å². The van der Waals surface area contributed by atoms with Gasteiger partial charge in [0.1, 0.15) is 13.1 Å². The van der Waals surface area contributed by atoms with Gasteiger partial charge in [-0.1, -0.05) is 35.0 Å². The van der Waals surface area contributed by atoms with Crippen molar-refractivity contribution in [1.29, 1.82) is 0 Å². The van der Waals surface area contributed by atoms with E-state index in [0.717, 1.165) is 6.54 Å². The van der Waals surface area contributed by atoms with Crippen molar-refractivity contribution < 1.29 is 10.4 Å². The fraction of sp³-hybridized carbons (Fsp3) is 0.167. The van der Waals surface area contributed by atoms with Crippen molar-refractivity contribution in [2.24, 2.45) is 0 Å². The Morgan fingerprint density at radius 1 is 1.24 bits per heavy atom. The normalized spacial score (nSPS) is 10.7. The molecule has 0 saturated heterocycles. The third-order valence-corrected chi connectivity index (χ3v) is 3.77. The molecule has 1 heterocycles. The summed E-state index contributed by atoms with van der Waals surface area (Å²) in [6.45, 7) is 1.46. The van der Waals surface area contributed by atoms with E-state index >= 15 is 0 Å². The van der Waals surface area contributed by atoms with Gasteiger partial charge >= 0.3 is 0 Å². The van der Waals surface area contributed by atoms with Gasteiger partial charge in [0, 0.05) is 15.6 Å². The predicted molar refractivity (Wildman–Crippen MR) is 69.6 cm³/mol. The Balaban J connectivity index is 1.99. The monoisotopic (exact) mass is 287 g/mol. The van der Waals surface area contributed by atoms with Gasteiger partial charge in [0.25, 0.3) is 0 Å². The summed E-state index contributed by atoms with van der Waals surface area (Å²) in [6.07, 6.45) is 0. The van der Waals surface area contributed by atoms with E-state index in [0.29, 0.717) is 17.1 Å². The quantitative estimate of drug-likeness (QED) is 0.922. The number of benzene rings is 1. The van der Waals surface area contributed by atoms with Gasteiger partial charge < -0.3 is 10.4 Å². The summed E-state index contributed by atoms with van der Waals surface area (Å²) < 4.78 is 0. The number of quaternary nitrogens is 1. The highest BCUT2D eigenvalue weighted by Crippen LogP contribution is 2.28. The molecule has 0 saturated carbocycles. The Morgan fingerprint density at radius 2 is 2.06 bits per heavy atom. The molecule has 90 valence electrons. The van der Waals surface area contributed by atoms with E-state index in [1.165, 1.54) is 10.9 Å². The molecule has 0 aliphatic rings. The van der Waals surface area contributed by atoms with E-state index in [4.69, 9.17) is 23.2 Å². The Bertz CT molecular complexity index is 499. The van der Waals surface area contributed by atoms with Crippen molar-refractivity contribution in [3.63, 3.8) is 0 Å². The number of hydrogen-bond acceptors (Lipinski definition) is 2. The van der Waals surface area contributed by atoms with Crippen molar-refractivity contribution in [3.05, 3.63) is 50.1 Å². The zero-order valence-electron chi connectivity index (χ0n) is 8.95. The van der Waals surface area contributed by atoms with Gasteiger partial charge in [0.15, 0.2) is 0 Å².